The lowest BCUT2D eigenvalue weighted by atomic mass is 9.55. The molecule has 16 N–H and O–H groups in total. The molecule has 0 aliphatic carbocycles. The van der Waals surface area contributed by atoms with Gasteiger partial charge in [-0.15, -0.1) is 0 Å². The molecule has 0 fully saturated rings. The van der Waals surface area contributed by atoms with Gasteiger partial charge in [0.1, 0.15) is 11.2 Å². The summed E-state index contributed by atoms with van der Waals surface area (Å²) in [5, 5.41) is 97.2. The molecule has 0 aliphatic rings. The average molecular weight is 1650 g/mol. The molecule has 0 saturated heterocycles. The molecule has 0 amide bonds. The van der Waals surface area contributed by atoms with E-state index in [1.165, 1.54) is 22.3 Å². The molecule has 0 spiro atoms. The third-order valence-corrected chi connectivity index (χ3v) is 24.4. The van der Waals surface area contributed by atoms with Gasteiger partial charge in [-0.3, -0.25) is 0 Å². The van der Waals surface area contributed by atoms with Gasteiger partial charge >= 0.3 is 34.4 Å². The van der Waals surface area contributed by atoms with Gasteiger partial charge in [0.25, 0.3) is 0 Å². The molecule has 22 heteroatoms. The molecular weight excluding hydrogens is 1490 g/mol. The molecule has 4 rings (SSSR count). The van der Waals surface area contributed by atoms with Crippen LogP contribution in [-0.2, 0) is 74.0 Å². The van der Waals surface area contributed by atoms with Crippen LogP contribution in [0, 0.1) is 21.7 Å². The van der Waals surface area contributed by atoms with Gasteiger partial charge in [0.05, 0.1) is 50.5 Å². The van der Waals surface area contributed by atoms with Crippen molar-refractivity contribution in [2.24, 2.45) is 21.7 Å². The van der Waals surface area contributed by atoms with Crippen LogP contribution in [0.2, 0.25) is 0 Å². The fourth-order valence-electron chi connectivity index (χ4n) is 16.0. The lowest BCUT2D eigenvalue weighted by molar-refractivity contribution is -0.139. The summed E-state index contributed by atoms with van der Waals surface area (Å²) < 4.78 is 7.20. The molecule has 0 saturated carbocycles. The molecule has 0 bridgehead atoms. The molecule has 18 nitrogen and oxygen atoms in total. The van der Waals surface area contributed by atoms with Gasteiger partial charge in [-0.2, -0.15) is 0 Å². The second-order valence-electron chi connectivity index (χ2n) is 43.8. The molecular formula is C90H160O18P4. The fourth-order valence-corrected chi connectivity index (χ4v) is 17.1. The highest BCUT2D eigenvalue weighted by Crippen LogP contribution is 2.60. The molecule has 0 aliphatic heterocycles. The van der Waals surface area contributed by atoms with E-state index in [4.69, 9.17) is 39.1 Å². The van der Waals surface area contributed by atoms with Crippen LogP contribution >= 0.6 is 34.4 Å². The Hall–Kier alpha value is -2.12. The highest BCUT2D eigenvalue weighted by molar-refractivity contribution is 7.53. The highest BCUT2D eigenvalue weighted by atomic mass is 31.2. The van der Waals surface area contributed by atoms with Crippen LogP contribution in [-0.4, -0.2) is 120 Å². The summed E-state index contributed by atoms with van der Waals surface area (Å²) in [5.41, 5.74) is 4.23. The Balaban J connectivity index is 0.000000961. The van der Waals surface area contributed by atoms with Gasteiger partial charge in [-0.1, -0.05) is 312 Å². The summed E-state index contributed by atoms with van der Waals surface area (Å²) in [7, 11) is -10.4. The van der Waals surface area contributed by atoms with Gasteiger partial charge < -0.3 is 80.0 Å². The van der Waals surface area contributed by atoms with Crippen LogP contribution in [0.25, 0.3) is 0 Å². The first-order valence-corrected chi connectivity index (χ1v) is 44.5. The van der Waals surface area contributed by atoms with Crippen LogP contribution in [0.15, 0.2) is 48.5 Å². The molecule has 4 aromatic rings. The van der Waals surface area contributed by atoms with Crippen molar-refractivity contribution in [1.82, 2.24) is 0 Å². The molecule has 2 unspecified atom stereocenters. The fraction of sp³-hybridized carbons (Fsp3) is 0.733. The minimum Gasteiger partial charge on any atom is -0.395 e. The number of hydrogen-bond donors (Lipinski definition) is 16. The number of rotatable bonds is 24. The third kappa shape index (κ3) is 26.9. The van der Waals surface area contributed by atoms with Crippen molar-refractivity contribution < 1.29 is 88.6 Å². The van der Waals surface area contributed by atoms with E-state index >= 15 is 0 Å². The SMILES string of the molecule is CC(C)(C)CC(C)(C)c1cc(C(C)(C)C)c(C(O)(c2c(C(C)(C)C)cc(C(C)(C)CC(C)(C)C)cc2C(C)(C)C)C(CO)(CO)CO)c(C(C)(C)C)c1.CCC(C)c1cc(C(C)(C)C)c(C(O)(c2c(C(C)(C)C)cc(C(C)CC)cc2C(C)(C)C)C(CO)(CO)CO)c(C(C)(C)C)c1.OP(O)OP(O)O.OP(O)OP(O)O. The maximum atomic E-state index is 14.5. The van der Waals surface area contributed by atoms with Crippen molar-refractivity contribution in [1.29, 1.82) is 0 Å². The molecule has 0 radical (unpaired) electrons. The van der Waals surface area contributed by atoms with Crippen molar-refractivity contribution in [3.05, 3.63) is 138 Å². The quantitative estimate of drug-likeness (QED) is 0.0290. The van der Waals surface area contributed by atoms with Crippen molar-refractivity contribution in [2.75, 3.05) is 39.6 Å². The summed E-state index contributed by atoms with van der Waals surface area (Å²) >= 11 is 0. The Labute approximate surface area is 684 Å². The van der Waals surface area contributed by atoms with E-state index in [9.17, 15) is 40.9 Å². The summed E-state index contributed by atoms with van der Waals surface area (Å²) in [6, 6.07) is 18.1. The Bertz CT molecular complexity index is 3250. The largest absolute Gasteiger partial charge is 0.395 e. The monoisotopic (exact) mass is 1650 g/mol. The lowest BCUT2D eigenvalue weighted by Gasteiger charge is -2.52. The van der Waals surface area contributed by atoms with Gasteiger partial charge in [-0.25, -0.2) is 8.62 Å². The van der Waals surface area contributed by atoms with Crippen LogP contribution in [0.5, 0.6) is 0 Å². The molecule has 2 atom stereocenters. The van der Waals surface area contributed by atoms with E-state index < -0.39 is 139 Å². The zero-order valence-corrected chi connectivity index (χ0v) is 80.2. The first-order valence-electron chi connectivity index (χ1n) is 39.8. The maximum absolute atomic E-state index is 14.5. The van der Waals surface area contributed by atoms with Crippen LogP contribution in [0.4, 0.5) is 0 Å². The maximum Gasteiger partial charge on any atom is 0.334 e. The van der Waals surface area contributed by atoms with E-state index in [1.54, 1.807) is 0 Å². The first-order chi connectivity index (χ1) is 49.8. The van der Waals surface area contributed by atoms with Crippen molar-refractivity contribution >= 4 is 34.4 Å². The summed E-state index contributed by atoms with van der Waals surface area (Å²) in [4.78, 5) is 62.5. The molecule has 4 aromatic carbocycles. The van der Waals surface area contributed by atoms with E-state index in [2.05, 4.69) is 320 Å². The topological polar surface area (TPSA) is 342 Å². The van der Waals surface area contributed by atoms with Gasteiger partial charge in [0, 0.05) is 0 Å². The van der Waals surface area contributed by atoms with Gasteiger partial charge in [0.2, 0.25) is 0 Å². The van der Waals surface area contributed by atoms with Crippen molar-refractivity contribution in [3.8, 4) is 0 Å². The van der Waals surface area contributed by atoms with Gasteiger partial charge in [0.15, 0.2) is 0 Å². The lowest BCUT2D eigenvalue weighted by Crippen LogP contribution is -2.57. The van der Waals surface area contributed by atoms with Crippen LogP contribution in [0.1, 0.15) is 390 Å². The number of aliphatic hydroxyl groups excluding tert-OH is 6. The normalized spacial score (nSPS) is 15.1. The predicted octanol–water partition coefficient (Wildman–Crippen LogP) is 19.5. The van der Waals surface area contributed by atoms with Crippen LogP contribution < -0.4 is 0 Å². The number of aliphatic hydroxyl groups is 8. The van der Waals surface area contributed by atoms with Gasteiger partial charge in [-0.05, 0) is 192 Å². The second-order valence-corrected chi connectivity index (χ2v) is 47.2. The molecule has 0 heterocycles. The van der Waals surface area contributed by atoms with E-state index in [0.29, 0.717) is 34.1 Å². The van der Waals surface area contributed by atoms with Crippen molar-refractivity contribution in [3.63, 3.8) is 0 Å². The minimum atomic E-state index is -2.61. The predicted molar refractivity (Wildman–Crippen MR) is 468 cm³/mol. The highest BCUT2D eigenvalue weighted by Gasteiger charge is 2.60. The number of hydrogen-bond acceptors (Lipinski definition) is 18. The summed E-state index contributed by atoms with van der Waals surface area (Å²) in [5.74, 6) is 0.607. The number of benzene rings is 4. The first kappa shape index (κ1) is 108. The summed E-state index contributed by atoms with van der Waals surface area (Å²) in [6.45, 7) is 80.4. The standard InChI is InChI=1S/C49H84O4.C41H68O4.2H4O5P2/c1-40(2,3)27-46(19,20)32-23-34(42(7,8)9)38(35(24-32)43(10,11)12)49(53,48(29-50,30-51)31-52)39-36(44(13,14)15)25-33(26-37(39)45(16,17)18)47(21,22)28-41(4,5)6;1-17-26(3)28-19-30(36(5,6)7)34(31(20-28)37(8,9)10)41(45,40(23-42,24-43)25-44)35-32(38(11,12)13)21-29(27(4)18-2)22-33(35)39(14,15)16;2*1-6(2)5-7(3)4/h23-26,50-53H,27-31H2,1-22H3;19-22,26-27,42-45H,17-18,23-25H2,1-16H3;2*1-4H. The Morgan fingerprint density at radius 2 is 0.429 bits per heavy atom. The zero-order chi connectivity index (χ0) is 88.8. The molecule has 112 heavy (non-hydrogen) atoms. The van der Waals surface area contributed by atoms with Crippen LogP contribution in [0.3, 0.4) is 0 Å². The Morgan fingerprint density at radius 1 is 0.277 bits per heavy atom. The Morgan fingerprint density at radius 3 is 0.536 bits per heavy atom. The zero-order valence-electron chi connectivity index (χ0n) is 76.6. The average Bonchev–Trinajstić information content (AvgIpc) is 0.702. The van der Waals surface area contributed by atoms with Crippen molar-refractivity contribution in [2.45, 2.75) is 366 Å². The van der Waals surface area contributed by atoms with E-state index in [0.717, 1.165) is 70.2 Å². The molecule has 648 valence electrons. The smallest absolute Gasteiger partial charge is 0.334 e. The molecule has 0 aromatic heterocycles. The Kier molecular flexibility index (Phi) is 37.7. The minimum absolute atomic E-state index is 0.0816. The van der Waals surface area contributed by atoms with E-state index in [-0.39, 0.29) is 21.7 Å². The second kappa shape index (κ2) is 39.2. The third-order valence-electron chi connectivity index (χ3n) is 22.0. The van der Waals surface area contributed by atoms with E-state index in [1.807, 2.05) is 0 Å². The summed E-state index contributed by atoms with van der Waals surface area (Å²) in [6.07, 6.45) is 3.87.